The van der Waals surface area contributed by atoms with Crippen LogP contribution in [0.1, 0.15) is 38.9 Å². The molecule has 2 N–H and O–H groups in total. The van der Waals surface area contributed by atoms with Crippen LogP contribution in [-0.2, 0) is 6.54 Å². The topological polar surface area (TPSA) is 67.6 Å². The Morgan fingerprint density at radius 2 is 2.33 bits per heavy atom. The third-order valence-electron chi connectivity index (χ3n) is 2.39. The molecule has 1 aromatic heterocycles. The van der Waals surface area contributed by atoms with E-state index in [1.807, 2.05) is 6.20 Å². The summed E-state index contributed by atoms with van der Waals surface area (Å²) >= 11 is 0. The van der Waals surface area contributed by atoms with E-state index in [2.05, 4.69) is 29.5 Å². The lowest BCUT2D eigenvalue weighted by Gasteiger charge is -2.17. The number of hydrogen-bond donors (Lipinski definition) is 1. The normalized spacial score (nSPS) is 14.9. The number of aryl methyl sites for hydroxylation is 1. The number of hydrogen-bond acceptors (Lipinski definition) is 3. The molecule has 0 saturated carbocycles. The molecule has 1 unspecified atom stereocenters. The van der Waals surface area contributed by atoms with Gasteiger partial charge >= 0.3 is 0 Å². The first kappa shape index (κ1) is 11.7. The summed E-state index contributed by atoms with van der Waals surface area (Å²) in [5, 5.41) is 8.80. The molecule has 4 nitrogen and oxygen atoms in total. The lowest BCUT2D eigenvalue weighted by molar-refractivity contribution is 0.477. The summed E-state index contributed by atoms with van der Waals surface area (Å²) in [6.45, 7) is 6.70. The average molecular weight is 206 g/mol. The Labute approximate surface area is 90.7 Å². The first-order valence-corrected chi connectivity index (χ1v) is 5.17. The van der Waals surface area contributed by atoms with Crippen molar-refractivity contribution in [1.82, 2.24) is 9.55 Å². The van der Waals surface area contributed by atoms with E-state index in [1.54, 1.807) is 13.1 Å². The molecule has 0 fully saturated rings. The van der Waals surface area contributed by atoms with Gasteiger partial charge in [-0.1, -0.05) is 13.8 Å². The minimum Gasteiger partial charge on any atom is -0.335 e. The maximum atomic E-state index is 8.80. The van der Waals surface area contributed by atoms with Crippen LogP contribution in [0.15, 0.2) is 12.4 Å². The quantitative estimate of drug-likeness (QED) is 0.814. The predicted molar refractivity (Wildman–Crippen MR) is 59.1 cm³/mol. The van der Waals surface area contributed by atoms with Gasteiger partial charge in [0.1, 0.15) is 11.4 Å². The van der Waals surface area contributed by atoms with Crippen molar-refractivity contribution in [2.24, 2.45) is 5.73 Å². The van der Waals surface area contributed by atoms with Crippen LogP contribution in [0.4, 0.5) is 0 Å². The number of aromatic nitrogens is 2. The van der Waals surface area contributed by atoms with Crippen molar-refractivity contribution >= 4 is 0 Å². The fraction of sp³-hybridized carbons (Fsp3) is 0.636. The van der Waals surface area contributed by atoms with Crippen LogP contribution < -0.4 is 5.73 Å². The number of nitriles is 1. The van der Waals surface area contributed by atoms with Crippen LogP contribution in [-0.4, -0.2) is 15.1 Å². The van der Waals surface area contributed by atoms with E-state index in [0.29, 0.717) is 12.3 Å². The van der Waals surface area contributed by atoms with Crippen LogP contribution in [0.5, 0.6) is 0 Å². The number of rotatable bonds is 4. The fourth-order valence-corrected chi connectivity index (χ4v) is 1.42. The molecule has 0 aromatic carbocycles. The van der Waals surface area contributed by atoms with Gasteiger partial charge in [0.15, 0.2) is 0 Å². The molecule has 4 heteroatoms. The maximum Gasteiger partial charge on any atom is 0.111 e. The van der Waals surface area contributed by atoms with E-state index in [9.17, 15) is 0 Å². The van der Waals surface area contributed by atoms with E-state index >= 15 is 0 Å². The monoisotopic (exact) mass is 206 g/mol. The van der Waals surface area contributed by atoms with E-state index in [0.717, 1.165) is 12.4 Å². The molecular weight excluding hydrogens is 188 g/mol. The Hall–Kier alpha value is -1.34. The summed E-state index contributed by atoms with van der Waals surface area (Å²) in [5.74, 6) is 1.44. The molecule has 0 bridgehead atoms. The molecule has 0 spiro atoms. The lowest BCUT2D eigenvalue weighted by atomic mass is 10.0. The van der Waals surface area contributed by atoms with Crippen LogP contribution >= 0.6 is 0 Å². The summed E-state index contributed by atoms with van der Waals surface area (Å²) in [5.41, 5.74) is 5.01. The Kier molecular flexibility index (Phi) is 3.48. The molecular formula is C11H18N4. The Bertz CT molecular complexity index is 357. The van der Waals surface area contributed by atoms with Gasteiger partial charge in [-0.15, -0.1) is 0 Å². The molecule has 0 amide bonds. The fourth-order valence-electron chi connectivity index (χ4n) is 1.42. The van der Waals surface area contributed by atoms with Crippen LogP contribution in [0, 0.1) is 11.3 Å². The molecule has 1 aromatic rings. The number of imidazole rings is 1. The van der Waals surface area contributed by atoms with Crippen molar-refractivity contribution in [3.8, 4) is 6.07 Å². The van der Waals surface area contributed by atoms with E-state index in [-0.39, 0.29) is 0 Å². The van der Waals surface area contributed by atoms with Crippen molar-refractivity contribution in [2.45, 2.75) is 45.2 Å². The van der Waals surface area contributed by atoms with Crippen molar-refractivity contribution in [1.29, 1.82) is 5.26 Å². The molecule has 1 atom stereocenters. The Balaban J connectivity index is 2.67. The van der Waals surface area contributed by atoms with Crippen molar-refractivity contribution in [2.75, 3.05) is 0 Å². The summed E-state index contributed by atoms with van der Waals surface area (Å²) in [6.07, 6.45) is 4.36. The molecule has 0 aliphatic rings. The molecule has 15 heavy (non-hydrogen) atoms. The molecule has 0 aliphatic carbocycles. The molecule has 0 saturated heterocycles. The van der Waals surface area contributed by atoms with Gasteiger partial charge in [-0.2, -0.15) is 5.26 Å². The summed E-state index contributed by atoms with van der Waals surface area (Å²) in [4.78, 5) is 4.28. The van der Waals surface area contributed by atoms with Crippen LogP contribution in [0.3, 0.4) is 0 Å². The van der Waals surface area contributed by atoms with E-state index in [4.69, 9.17) is 11.0 Å². The highest BCUT2D eigenvalue weighted by molar-refractivity contribution is 5.03. The van der Waals surface area contributed by atoms with E-state index < -0.39 is 5.54 Å². The number of nitrogens with two attached hydrogens (primary N) is 1. The average Bonchev–Trinajstić information content (AvgIpc) is 2.63. The zero-order chi connectivity index (χ0) is 11.5. The Morgan fingerprint density at radius 1 is 1.67 bits per heavy atom. The standard InChI is InChI=1S/C11H18N4/c1-9(2)10-14-5-7-15(10)6-4-11(3,13)8-12/h5,7,9H,4,6,13H2,1-3H3. The van der Waals surface area contributed by atoms with Gasteiger partial charge in [0.2, 0.25) is 0 Å². The molecule has 82 valence electrons. The largest absolute Gasteiger partial charge is 0.335 e. The molecule has 0 aliphatic heterocycles. The smallest absolute Gasteiger partial charge is 0.111 e. The van der Waals surface area contributed by atoms with Crippen LogP contribution in [0.2, 0.25) is 0 Å². The second-order valence-electron chi connectivity index (χ2n) is 4.41. The third kappa shape index (κ3) is 3.07. The van der Waals surface area contributed by atoms with Gasteiger partial charge in [-0.25, -0.2) is 4.98 Å². The zero-order valence-electron chi connectivity index (χ0n) is 9.57. The highest BCUT2D eigenvalue weighted by atomic mass is 15.1. The highest BCUT2D eigenvalue weighted by Gasteiger charge is 2.17. The van der Waals surface area contributed by atoms with Crippen molar-refractivity contribution in [3.63, 3.8) is 0 Å². The first-order valence-electron chi connectivity index (χ1n) is 5.17. The second-order valence-corrected chi connectivity index (χ2v) is 4.41. The third-order valence-corrected chi connectivity index (χ3v) is 2.39. The highest BCUT2D eigenvalue weighted by Crippen LogP contribution is 2.14. The van der Waals surface area contributed by atoms with Gasteiger partial charge in [0.25, 0.3) is 0 Å². The van der Waals surface area contributed by atoms with Crippen LogP contribution in [0.25, 0.3) is 0 Å². The van der Waals surface area contributed by atoms with Gasteiger partial charge < -0.3 is 10.3 Å². The molecule has 0 radical (unpaired) electrons. The summed E-state index contributed by atoms with van der Waals surface area (Å²) in [7, 11) is 0. The van der Waals surface area contributed by atoms with Gasteiger partial charge in [0.05, 0.1) is 6.07 Å². The Morgan fingerprint density at radius 3 is 2.87 bits per heavy atom. The minimum atomic E-state index is -0.751. The lowest BCUT2D eigenvalue weighted by Crippen LogP contribution is -2.35. The summed E-state index contributed by atoms with van der Waals surface area (Å²) in [6, 6.07) is 2.10. The molecule has 1 rings (SSSR count). The van der Waals surface area contributed by atoms with Crippen molar-refractivity contribution in [3.05, 3.63) is 18.2 Å². The maximum absolute atomic E-state index is 8.80. The first-order chi connectivity index (χ1) is 6.96. The zero-order valence-corrected chi connectivity index (χ0v) is 9.57. The summed E-state index contributed by atoms with van der Waals surface area (Å²) < 4.78 is 2.06. The van der Waals surface area contributed by atoms with Crippen molar-refractivity contribution < 1.29 is 0 Å². The number of nitrogens with zero attached hydrogens (tertiary/aromatic N) is 3. The SMILES string of the molecule is CC(C)c1nccn1CCC(C)(N)C#N. The molecule has 1 heterocycles. The second kappa shape index (κ2) is 4.45. The van der Waals surface area contributed by atoms with Gasteiger partial charge in [-0.05, 0) is 13.3 Å². The van der Waals surface area contributed by atoms with Gasteiger partial charge in [-0.3, -0.25) is 0 Å². The van der Waals surface area contributed by atoms with E-state index in [1.165, 1.54) is 0 Å². The predicted octanol–water partition coefficient (Wildman–Crippen LogP) is 1.64. The minimum absolute atomic E-state index is 0.395. The van der Waals surface area contributed by atoms with Gasteiger partial charge in [0, 0.05) is 24.9 Å².